The van der Waals surface area contributed by atoms with Crippen molar-refractivity contribution in [1.29, 1.82) is 0 Å². The number of piperazine rings is 1. The molecule has 0 bridgehead atoms. The lowest BCUT2D eigenvalue weighted by atomic mass is 10.1. The van der Waals surface area contributed by atoms with E-state index >= 15 is 0 Å². The Labute approximate surface area is 159 Å². The number of carbonyl (C=O) groups excluding carboxylic acids is 1. The molecule has 2 aromatic carbocycles. The van der Waals surface area contributed by atoms with Gasteiger partial charge in [0.15, 0.2) is 0 Å². The van der Waals surface area contributed by atoms with E-state index in [1.165, 1.54) is 24.2 Å². The molecule has 1 fully saturated rings. The Morgan fingerprint density at radius 2 is 1.93 bits per heavy atom. The van der Waals surface area contributed by atoms with Crippen LogP contribution in [-0.2, 0) is 4.79 Å². The minimum Gasteiger partial charge on any atom is -0.478 e. The van der Waals surface area contributed by atoms with Crippen molar-refractivity contribution in [3.8, 4) is 0 Å². The largest absolute Gasteiger partial charge is 0.478 e. The Morgan fingerprint density at radius 3 is 2.56 bits per heavy atom. The molecule has 6 nitrogen and oxygen atoms in total. The number of aromatic carboxylic acids is 1. The zero-order valence-corrected chi connectivity index (χ0v) is 15.9. The van der Waals surface area contributed by atoms with E-state index in [1.807, 2.05) is 0 Å². The molecule has 3 rings (SSSR count). The van der Waals surface area contributed by atoms with Gasteiger partial charge in [-0.15, -0.1) is 0 Å². The first-order chi connectivity index (χ1) is 12.8. The lowest BCUT2D eigenvalue weighted by molar-refractivity contribution is -0.114. The van der Waals surface area contributed by atoms with Crippen molar-refractivity contribution in [1.82, 2.24) is 0 Å². The van der Waals surface area contributed by atoms with Gasteiger partial charge < -0.3 is 20.2 Å². The molecule has 0 aromatic heterocycles. The fourth-order valence-electron chi connectivity index (χ4n) is 3.63. The third-order valence-electron chi connectivity index (χ3n) is 4.85. The lowest BCUT2D eigenvalue weighted by Gasteiger charge is -2.42. The minimum absolute atomic E-state index is 0.206. The molecule has 1 atom stereocenters. The van der Waals surface area contributed by atoms with Crippen LogP contribution < -0.4 is 15.1 Å². The second kappa shape index (κ2) is 7.70. The van der Waals surface area contributed by atoms with Crippen molar-refractivity contribution < 1.29 is 14.7 Å². The molecule has 6 heteroatoms. The Hall–Kier alpha value is -3.02. The average molecular weight is 367 g/mol. The molecular weight excluding hydrogens is 342 g/mol. The molecule has 1 aliphatic rings. The summed E-state index contributed by atoms with van der Waals surface area (Å²) in [7, 11) is 0. The SMILES string of the molecule is CC(=O)Nc1ccc(N2CCN(c3cccc(C)c3)C(C)C2)c(C(=O)O)c1. The van der Waals surface area contributed by atoms with Crippen molar-refractivity contribution in [2.75, 3.05) is 34.8 Å². The van der Waals surface area contributed by atoms with E-state index in [2.05, 4.69) is 53.2 Å². The number of rotatable bonds is 4. The molecule has 1 unspecified atom stereocenters. The third kappa shape index (κ3) is 4.22. The van der Waals surface area contributed by atoms with Gasteiger partial charge in [-0.25, -0.2) is 4.79 Å². The average Bonchev–Trinajstić information content (AvgIpc) is 2.61. The fraction of sp³-hybridized carbons (Fsp3) is 0.333. The van der Waals surface area contributed by atoms with Crippen LogP contribution in [0.3, 0.4) is 0 Å². The van der Waals surface area contributed by atoms with Crippen LogP contribution in [0.15, 0.2) is 42.5 Å². The molecule has 2 N–H and O–H groups in total. The summed E-state index contributed by atoms with van der Waals surface area (Å²) in [5.41, 5.74) is 3.81. The molecule has 1 heterocycles. The van der Waals surface area contributed by atoms with E-state index in [0.717, 1.165) is 19.6 Å². The summed E-state index contributed by atoms with van der Waals surface area (Å²) in [5.74, 6) is -1.22. The van der Waals surface area contributed by atoms with Crippen LogP contribution >= 0.6 is 0 Å². The zero-order valence-electron chi connectivity index (χ0n) is 15.9. The number of amides is 1. The topological polar surface area (TPSA) is 72.9 Å². The van der Waals surface area contributed by atoms with Gasteiger partial charge in [0.05, 0.1) is 11.3 Å². The number of nitrogens with zero attached hydrogens (tertiary/aromatic N) is 2. The highest BCUT2D eigenvalue weighted by atomic mass is 16.4. The molecular formula is C21H25N3O3. The summed E-state index contributed by atoms with van der Waals surface area (Å²) in [6, 6.07) is 13.7. The van der Waals surface area contributed by atoms with Crippen LogP contribution in [0.5, 0.6) is 0 Å². The molecule has 0 saturated carbocycles. The van der Waals surface area contributed by atoms with Gasteiger partial charge in [0.2, 0.25) is 5.91 Å². The normalized spacial score (nSPS) is 16.9. The Bertz CT molecular complexity index is 866. The number of aryl methyl sites for hydroxylation is 1. The van der Waals surface area contributed by atoms with Crippen LogP contribution in [0.1, 0.15) is 29.8 Å². The van der Waals surface area contributed by atoms with Gasteiger partial charge in [-0.05, 0) is 49.7 Å². The van der Waals surface area contributed by atoms with Gasteiger partial charge in [-0.3, -0.25) is 4.79 Å². The van der Waals surface area contributed by atoms with Gasteiger partial charge >= 0.3 is 5.97 Å². The number of anilines is 3. The monoisotopic (exact) mass is 367 g/mol. The van der Waals surface area contributed by atoms with Gasteiger partial charge in [0.25, 0.3) is 0 Å². The predicted molar refractivity (Wildman–Crippen MR) is 108 cm³/mol. The molecule has 142 valence electrons. The number of carboxylic acid groups (broad SMARTS) is 1. The van der Waals surface area contributed by atoms with Gasteiger partial charge in [0.1, 0.15) is 0 Å². The summed E-state index contributed by atoms with van der Waals surface area (Å²) in [5, 5.41) is 12.3. The van der Waals surface area contributed by atoms with Crippen molar-refractivity contribution in [3.05, 3.63) is 53.6 Å². The maximum atomic E-state index is 11.8. The molecule has 2 aromatic rings. The van der Waals surface area contributed by atoms with E-state index in [9.17, 15) is 14.7 Å². The maximum absolute atomic E-state index is 11.8. The summed E-state index contributed by atoms with van der Waals surface area (Å²) in [6.07, 6.45) is 0. The fourth-order valence-corrected chi connectivity index (χ4v) is 3.63. The van der Waals surface area contributed by atoms with Crippen LogP contribution in [0.25, 0.3) is 0 Å². The van der Waals surface area contributed by atoms with Crippen LogP contribution in [0.4, 0.5) is 17.1 Å². The summed E-state index contributed by atoms with van der Waals surface area (Å²) >= 11 is 0. The number of hydrogen-bond acceptors (Lipinski definition) is 4. The van der Waals surface area contributed by atoms with E-state index < -0.39 is 5.97 Å². The van der Waals surface area contributed by atoms with Crippen molar-refractivity contribution in [3.63, 3.8) is 0 Å². The number of nitrogens with one attached hydrogen (secondary N) is 1. The quantitative estimate of drug-likeness (QED) is 0.867. The van der Waals surface area contributed by atoms with Crippen molar-refractivity contribution in [2.24, 2.45) is 0 Å². The van der Waals surface area contributed by atoms with Crippen molar-refractivity contribution in [2.45, 2.75) is 26.8 Å². The van der Waals surface area contributed by atoms with E-state index in [1.54, 1.807) is 12.1 Å². The first kappa shape index (κ1) is 18.8. The smallest absolute Gasteiger partial charge is 0.337 e. The molecule has 0 radical (unpaired) electrons. The number of carbonyl (C=O) groups is 2. The van der Waals surface area contributed by atoms with Gasteiger partial charge in [-0.2, -0.15) is 0 Å². The molecule has 27 heavy (non-hydrogen) atoms. The summed E-state index contributed by atoms with van der Waals surface area (Å²) in [4.78, 5) is 27.5. The zero-order chi connectivity index (χ0) is 19.6. The predicted octanol–water partition coefficient (Wildman–Crippen LogP) is 3.37. The number of benzene rings is 2. The molecule has 0 aliphatic carbocycles. The Balaban J connectivity index is 1.82. The lowest BCUT2D eigenvalue weighted by Crippen LogP contribution is -2.52. The van der Waals surface area contributed by atoms with Gasteiger partial charge in [-0.1, -0.05) is 12.1 Å². The van der Waals surface area contributed by atoms with E-state index in [4.69, 9.17) is 0 Å². The van der Waals surface area contributed by atoms with E-state index in [-0.39, 0.29) is 17.5 Å². The number of hydrogen-bond donors (Lipinski definition) is 2. The van der Waals surface area contributed by atoms with Crippen LogP contribution in [0, 0.1) is 6.92 Å². The highest BCUT2D eigenvalue weighted by Crippen LogP contribution is 2.29. The highest BCUT2D eigenvalue weighted by Gasteiger charge is 2.26. The number of carboxylic acids is 1. The Kier molecular flexibility index (Phi) is 5.35. The second-order valence-corrected chi connectivity index (χ2v) is 7.05. The molecule has 1 amide bonds. The Morgan fingerprint density at radius 1 is 1.15 bits per heavy atom. The van der Waals surface area contributed by atoms with Gasteiger partial charge in [0, 0.05) is 44.0 Å². The van der Waals surface area contributed by atoms with Crippen LogP contribution in [-0.4, -0.2) is 42.7 Å². The van der Waals surface area contributed by atoms with Crippen molar-refractivity contribution >= 4 is 28.9 Å². The standard InChI is InChI=1S/C21H25N3O3/c1-14-5-4-6-18(11-14)24-10-9-23(13-15(24)2)20-8-7-17(22-16(3)25)12-19(20)21(26)27/h4-8,11-12,15H,9-10,13H2,1-3H3,(H,22,25)(H,26,27). The summed E-state index contributed by atoms with van der Waals surface area (Å²) in [6.45, 7) is 7.92. The highest BCUT2D eigenvalue weighted by molar-refractivity contribution is 5.97. The molecule has 0 spiro atoms. The second-order valence-electron chi connectivity index (χ2n) is 7.05. The summed E-state index contributed by atoms with van der Waals surface area (Å²) < 4.78 is 0. The first-order valence-electron chi connectivity index (χ1n) is 9.08. The molecule has 1 saturated heterocycles. The first-order valence-corrected chi connectivity index (χ1v) is 9.08. The third-order valence-corrected chi connectivity index (χ3v) is 4.85. The minimum atomic E-state index is -0.994. The maximum Gasteiger partial charge on any atom is 0.337 e. The van der Waals surface area contributed by atoms with E-state index in [0.29, 0.717) is 11.4 Å². The van der Waals surface area contributed by atoms with Crippen LogP contribution in [0.2, 0.25) is 0 Å². The molecule has 1 aliphatic heterocycles.